The molecule has 0 spiro atoms. The van der Waals surface area contributed by atoms with E-state index in [0.717, 1.165) is 16.7 Å². The molecule has 3 aromatic rings. The maximum atomic E-state index is 11.8. The fourth-order valence-corrected chi connectivity index (χ4v) is 2.49. The second kappa shape index (κ2) is 6.37. The van der Waals surface area contributed by atoms with Crippen molar-refractivity contribution in [2.45, 2.75) is 6.54 Å². The quantitative estimate of drug-likeness (QED) is 0.707. The molecule has 6 nitrogen and oxygen atoms in total. The number of hydrogen-bond donors (Lipinski definition) is 2. The second-order valence-electron chi connectivity index (χ2n) is 5.19. The molecule has 0 fully saturated rings. The Bertz CT molecular complexity index is 992. The van der Waals surface area contributed by atoms with Crippen molar-refractivity contribution in [3.8, 4) is 0 Å². The van der Waals surface area contributed by atoms with Crippen molar-refractivity contribution < 1.29 is 5.21 Å². The van der Waals surface area contributed by atoms with Gasteiger partial charge in [-0.1, -0.05) is 37.4 Å². The fraction of sp³-hybridized carbons (Fsp3) is 0.0556. The van der Waals surface area contributed by atoms with E-state index in [4.69, 9.17) is 0 Å². The van der Waals surface area contributed by atoms with Gasteiger partial charge in [0.25, 0.3) is 5.56 Å². The van der Waals surface area contributed by atoms with Gasteiger partial charge >= 0.3 is 0 Å². The minimum Gasteiger partial charge on any atom is -0.423 e. The van der Waals surface area contributed by atoms with Gasteiger partial charge in [0.05, 0.1) is 11.1 Å². The van der Waals surface area contributed by atoms with Crippen molar-refractivity contribution in [1.82, 2.24) is 14.7 Å². The molecule has 2 N–H and O–H groups in total. The van der Waals surface area contributed by atoms with E-state index in [1.165, 1.54) is 12.4 Å². The number of aromatic nitrogens is 3. The molecule has 0 aliphatic rings. The third kappa shape index (κ3) is 2.77. The zero-order valence-electron chi connectivity index (χ0n) is 12.9. The fourth-order valence-electron chi connectivity index (χ4n) is 2.49. The van der Waals surface area contributed by atoms with E-state index in [9.17, 15) is 10.0 Å². The highest BCUT2D eigenvalue weighted by molar-refractivity contribution is 5.87. The van der Waals surface area contributed by atoms with E-state index in [1.54, 1.807) is 18.3 Å². The average Bonchev–Trinajstić information content (AvgIpc) is 2.63. The SMILES string of the molecule is C=Cc1ccc(CNc2cc(=O)n(O)c3ncncc23)cc1C=C. The average molecular weight is 320 g/mol. The van der Waals surface area contributed by atoms with Gasteiger partial charge in [-0.2, -0.15) is 0 Å². The number of pyridine rings is 1. The molecular weight excluding hydrogens is 304 g/mol. The first-order valence-electron chi connectivity index (χ1n) is 7.30. The molecule has 2 aromatic heterocycles. The molecule has 1 aromatic carbocycles. The van der Waals surface area contributed by atoms with Crippen LogP contribution in [0.4, 0.5) is 5.69 Å². The highest BCUT2D eigenvalue weighted by atomic mass is 16.5. The Balaban J connectivity index is 1.94. The number of fused-ring (bicyclic) bond motifs is 1. The summed E-state index contributed by atoms with van der Waals surface area (Å²) in [7, 11) is 0. The molecule has 2 heterocycles. The van der Waals surface area contributed by atoms with Crippen LogP contribution < -0.4 is 10.9 Å². The Labute approximate surface area is 138 Å². The zero-order chi connectivity index (χ0) is 17.1. The van der Waals surface area contributed by atoms with Gasteiger partial charge in [-0.25, -0.2) is 9.97 Å². The number of hydrogen-bond acceptors (Lipinski definition) is 5. The Morgan fingerprint density at radius 3 is 2.75 bits per heavy atom. The van der Waals surface area contributed by atoms with Crippen molar-refractivity contribution in [3.63, 3.8) is 0 Å². The van der Waals surface area contributed by atoms with Gasteiger partial charge in [0, 0.05) is 18.8 Å². The summed E-state index contributed by atoms with van der Waals surface area (Å²) < 4.78 is 0.511. The minimum absolute atomic E-state index is 0.161. The topological polar surface area (TPSA) is 80.0 Å². The van der Waals surface area contributed by atoms with Gasteiger partial charge in [-0.05, 0) is 22.8 Å². The molecule has 0 bridgehead atoms. The number of rotatable bonds is 5. The summed E-state index contributed by atoms with van der Waals surface area (Å²) in [6, 6.07) is 7.26. The summed E-state index contributed by atoms with van der Waals surface area (Å²) >= 11 is 0. The van der Waals surface area contributed by atoms with E-state index in [1.807, 2.05) is 18.2 Å². The lowest BCUT2D eigenvalue weighted by atomic mass is 10.0. The number of nitrogens with zero attached hydrogens (tertiary/aromatic N) is 3. The van der Waals surface area contributed by atoms with E-state index in [0.29, 0.717) is 22.3 Å². The third-order valence-electron chi connectivity index (χ3n) is 3.73. The molecule has 0 atom stereocenters. The molecule has 0 saturated heterocycles. The van der Waals surface area contributed by atoms with E-state index >= 15 is 0 Å². The van der Waals surface area contributed by atoms with E-state index in [-0.39, 0.29) is 5.65 Å². The van der Waals surface area contributed by atoms with Crippen LogP contribution >= 0.6 is 0 Å². The summed E-state index contributed by atoms with van der Waals surface area (Å²) in [5, 5.41) is 13.5. The molecule has 0 aliphatic heterocycles. The van der Waals surface area contributed by atoms with Crippen molar-refractivity contribution in [3.05, 3.63) is 77.0 Å². The summed E-state index contributed by atoms with van der Waals surface area (Å²) in [4.78, 5) is 19.7. The first-order chi connectivity index (χ1) is 11.6. The highest BCUT2D eigenvalue weighted by Crippen LogP contribution is 2.20. The standard InChI is InChI=1S/C18H16N4O2/c1-3-13-6-5-12(7-14(13)4-2)9-20-16-8-17(23)22(24)18-15(16)10-19-11-21-18/h3-8,10-11,20,24H,1-2,9H2. The maximum Gasteiger partial charge on any atom is 0.286 e. The highest BCUT2D eigenvalue weighted by Gasteiger charge is 2.09. The molecule has 3 rings (SSSR count). The van der Waals surface area contributed by atoms with Crippen LogP contribution in [0.2, 0.25) is 0 Å². The minimum atomic E-state index is -0.558. The Hall–Kier alpha value is -3.41. The molecular formula is C18H16N4O2. The number of nitrogens with one attached hydrogen (secondary N) is 1. The molecule has 0 saturated carbocycles. The molecule has 120 valence electrons. The first-order valence-corrected chi connectivity index (χ1v) is 7.30. The monoisotopic (exact) mass is 320 g/mol. The summed E-state index contributed by atoms with van der Waals surface area (Å²) in [5.74, 6) is 0. The lowest BCUT2D eigenvalue weighted by molar-refractivity contribution is 0.186. The van der Waals surface area contributed by atoms with E-state index in [2.05, 4.69) is 28.4 Å². The van der Waals surface area contributed by atoms with Gasteiger partial charge in [-0.15, -0.1) is 4.73 Å². The van der Waals surface area contributed by atoms with Gasteiger partial charge < -0.3 is 10.5 Å². The number of benzene rings is 1. The van der Waals surface area contributed by atoms with Gasteiger partial charge in [0.15, 0.2) is 5.65 Å². The summed E-state index contributed by atoms with van der Waals surface area (Å²) in [5.41, 5.74) is 3.19. The zero-order valence-corrected chi connectivity index (χ0v) is 12.9. The van der Waals surface area contributed by atoms with Crippen LogP contribution in [0.3, 0.4) is 0 Å². The normalized spacial score (nSPS) is 10.5. The van der Waals surface area contributed by atoms with Crippen LogP contribution in [0.15, 0.2) is 54.7 Å². The van der Waals surface area contributed by atoms with Crippen LogP contribution in [-0.2, 0) is 6.54 Å². The van der Waals surface area contributed by atoms with Crippen LogP contribution in [0.5, 0.6) is 0 Å². The van der Waals surface area contributed by atoms with Crippen LogP contribution in [0, 0.1) is 0 Å². The predicted molar refractivity (Wildman–Crippen MR) is 94.9 cm³/mol. The summed E-state index contributed by atoms with van der Waals surface area (Å²) in [6.45, 7) is 8.08. The van der Waals surface area contributed by atoms with Gasteiger partial charge in [0.1, 0.15) is 6.33 Å². The van der Waals surface area contributed by atoms with Crippen LogP contribution in [0.25, 0.3) is 23.2 Å². The smallest absolute Gasteiger partial charge is 0.286 e. The van der Waals surface area contributed by atoms with Crippen LogP contribution in [0.1, 0.15) is 16.7 Å². The number of anilines is 1. The van der Waals surface area contributed by atoms with Crippen molar-refractivity contribution in [1.29, 1.82) is 0 Å². The van der Waals surface area contributed by atoms with Gasteiger partial charge in [-0.3, -0.25) is 4.79 Å². The van der Waals surface area contributed by atoms with Crippen molar-refractivity contribution in [2.24, 2.45) is 0 Å². The Kier molecular flexibility index (Phi) is 4.11. The van der Waals surface area contributed by atoms with Gasteiger partial charge in [0.2, 0.25) is 0 Å². The maximum absolute atomic E-state index is 11.8. The van der Waals surface area contributed by atoms with Crippen molar-refractivity contribution in [2.75, 3.05) is 5.32 Å². The molecule has 0 amide bonds. The third-order valence-corrected chi connectivity index (χ3v) is 3.73. The summed E-state index contributed by atoms with van der Waals surface area (Å²) in [6.07, 6.45) is 6.38. The first kappa shape index (κ1) is 15.5. The molecule has 0 aliphatic carbocycles. The molecule has 24 heavy (non-hydrogen) atoms. The van der Waals surface area contributed by atoms with E-state index < -0.39 is 5.56 Å². The lowest BCUT2D eigenvalue weighted by Crippen LogP contribution is -2.19. The molecule has 0 unspecified atom stereocenters. The van der Waals surface area contributed by atoms with Crippen LogP contribution in [-0.4, -0.2) is 19.9 Å². The predicted octanol–water partition coefficient (Wildman–Crippen LogP) is 2.93. The molecule has 6 heteroatoms. The second-order valence-corrected chi connectivity index (χ2v) is 5.19. The Morgan fingerprint density at radius 2 is 2.00 bits per heavy atom. The molecule has 0 radical (unpaired) electrons. The Morgan fingerprint density at radius 1 is 1.21 bits per heavy atom. The lowest BCUT2D eigenvalue weighted by Gasteiger charge is -2.11. The van der Waals surface area contributed by atoms with Crippen molar-refractivity contribution >= 4 is 28.9 Å². The largest absolute Gasteiger partial charge is 0.423 e.